The molecule has 1 saturated carbocycles. The molecule has 1 saturated heterocycles. The number of ether oxygens (including phenoxy) is 1. The van der Waals surface area contributed by atoms with Gasteiger partial charge in [-0.2, -0.15) is 0 Å². The summed E-state index contributed by atoms with van der Waals surface area (Å²) in [4.78, 5) is 28.1. The Bertz CT molecular complexity index is 913. The zero-order valence-electron chi connectivity index (χ0n) is 15.8. The quantitative estimate of drug-likeness (QED) is 0.774. The topological polar surface area (TPSA) is 46.6 Å². The van der Waals surface area contributed by atoms with Gasteiger partial charge in [-0.1, -0.05) is 50.2 Å². The zero-order chi connectivity index (χ0) is 18.7. The first kappa shape index (κ1) is 17.1. The second kappa shape index (κ2) is 5.32. The number of rotatable bonds is 3. The molecule has 2 aromatic carbocycles. The van der Waals surface area contributed by atoms with Gasteiger partial charge in [0.05, 0.1) is 11.1 Å². The van der Waals surface area contributed by atoms with E-state index in [0.717, 1.165) is 16.5 Å². The standard InChI is InChI=1S/C22H25NO3/c1-5-23(17-12-8-10-15-9-6-7-11-16(15)17)18(24)22-14-13-21(4,19(25)26-22)20(22,2)3/h6-12H,5,13-14H2,1-4H3/t21-,22+/m0/s1. The van der Waals surface area contributed by atoms with E-state index in [1.807, 2.05) is 70.2 Å². The smallest absolute Gasteiger partial charge is 0.313 e. The maximum Gasteiger partial charge on any atom is 0.313 e. The number of hydrogen-bond acceptors (Lipinski definition) is 3. The number of benzene rings is 2. The van der Waals surface area contributed by atoms with Crippen LogP contribution in [0, 0.1) is 10.8 Å². The van der Waals surface area contributed by atoms with E-state index in [1.54, 1.807) is 4.90 Å². The van der Waals surface area contributed by atoms with E-state index in [2.05, 4.69) is 0 Å². The van der Waals surface area contributed by atoms with Crippen LogP contribution in [-0.2, 0) is 14.3 Å². The summed E-state index contributed by atoms with van der Waals surface area (Å²) in [6, 6.07) is 14.0. The van der Waals surface area contributed by atoms with Gasteiger partial charge in [0, 0.05) is 17.3 Å². The lowest BCUT2D eigenvalue weighted by atomic mass is 9.66. The summed E-state index contributed by atoms with van der Waals surface area (Å²) in [6.45, 7) is 8.43. The molecule has 2 fully saturated rings. The number of hydrogen-bond donors (Lipinski definition) is 0. The van der Waals surface area contributed by atoms with Crippen LogP contribution in [0.25, 0.3) is 10.8 Å². The van der Waals surface area contributed by atoms with Crippen LogP contribution in [-0.4, -0.2) is 24.0 Å². The Hall–Kier alpha value is -2.36. The Morgan fingerprint density at radius 2 is 1.77 bits per heavy atom. The molecule has 1 aliphatic heterocycles. The normalized spacial score (nSPS) is 29.0. The number of amides is 1. The van der Waals surface area contributed by atoms with Crippen LogP contribution in [0.1, 0.15) is 40.5 Å². The Morgan fingerprint density at radius 1 is 1.08 bits per heavy atom. The third kappa shape index (κ3) is 1.85. The molecular weight excluding hydrogens is 326 g/mol. The molecule has 0 spiro atoms. The van der Waals surface area contributed by atoms with E-state index in [-0.39, 0.29) is 11.9 Å². The third-order valence-corrected chi connectivity index (χ3v) is 7.05. The maximum atomic E-state index is 13.8. The van der Waals surface area contributed by atoms with Crippen molar-refractivity contribution in [3.05, 3.63) is 42.5 Å². The Labute approximate surface area is 154 Å². The Morgan fingerprint density at radius 3 is 2.38 bits per heavy atom. The second-order valence-corrected chi connectivity index (χ2v) is 8.22. The minimum atomic E-state index is -1.08. The van der Waals surface area contributed by atoms with Gasteiger partial charge in [0.15, 0.2) is 5.60 Å². The number of esters is 1. The van der Waals surface area contributed by atoms with Crippen LogP contribution in [0.4, 0.5) is 5.69 Å². The highest BCUT2D eigenvalue weighted by Gasteiger charge is 2.76. The number of nitrogens with zero attached hydrogens (tertiary/aromatic N) is 1. The third-order valence-electron chi connectivity index (χ3n) is 7.05. The van der Waals surface area contributed by atoms with Gasteiger partial charge < -0.3 is 9.64 Å². The molecule has 1 aliphatic carbocycles. The highest BCUT2D eigenvalue weighted by atomic mass is 16.6. The molecule has 2 bridgehead atoms. The van der Waals surface area contributed by atoms with E-state index < -0.39 is 16.4 Å². The summed E-state index contributed by atoms with van der Waals surface area (Å²) >= 11 is 0. The molecule has 0 aromatic heterocycles. The minimum Gasteiger partial charge on any atom is -0.448 e. The zero-order valence-corrected chi connectivity index (χ0v) is 15.8. The van der Waals surface area contributed by atoms with Crippen molar-refractivity contribution >= 4 is 28.3 Å². The first-order valence-electron chi connectivity index (χ1n) is 9.32. The lowest BCUT2D eigenvalue weighted by molar-refractivity contribution is -0.167. The van der Waals surface area contributed by atoms with Crippen molar-refractivity contribution in [2.75, 3.05) is 11.4 Å². The largest absolute Gasteiger partial charge is 0.448 e. The molecule has 2 aromatic rings. The van der Waals surface area contributed by atoms with E-state index in [9.17, 15) is 9.59 Å². The van der Waals surface area contributed by atoms with Crippen molar-refractivity contribution in [2.45, 2.75) is 46.1 Å². The summed E-state index contributed by atoms with van der Waals surface area (Å²) in [5.41, 5.74) is -1.34. The molecule has 0 unspecified atom stereocenters. The van der Waals surface area contributed by atoms with Crippen molar-refractivity contribution in [2.24, 2.45) is 10.8 Å². The SMILES string of the molecule is CCN(C(=O)[C@@]12CC[C@@](C)(C(=O)O1)C2(C)C)c1cccc2ccccc12. The van der Waals surface area contributed by atoms with Crippen molar-refractivity contribution < 1.29 is 14.3 Å². The van der Waals surface area contributed by atoms with E-state index in [0.29, 0.717) is 19.4 Å². The van der Waals surface area contributed by atoms with Crippen LogP contribution >= 0.6 is 0 Å². The van der Waals surface area contributed by atoms with Crippen molar-refractivity contribution in [3.63, 3.8) is 0 Å². The first-order valence-corrected chi connectivity index (χ1v) is 9.32. The number of carbonyl (C=O) groups excluding carboxylic acids is 2. The fraction of sp³-hybridized carbons (Fsp3) is 0.455. The van der Waals surface area contributed by atoms with E-state index >= 15 is 0 Å². The van der Waals surface area contributed by atoms with Crippen molar-refractivity contribution in [1.82, 2.24) is 0 Å². The van der Waals surface area contributed by atoms with Gasteiger partial charge in [-0.25, -0.2) is 0 Å². The lowest BCUT2D eigenvalue weighted by Crippen LogP contribution is -2.55. The summed E-state index contributed by atoms with van der Waals surface area (Å²) < 4.78 is 5.81. The Kier molecular flexibility index (Phi) is 3.49. The molecule has 1 heterocycles. The molecule has 4 heteroatoms. The molecule has 2 aliphatic rings. The van der Waals surface area contributed by atoms with Crippen LogP contribution in [0.5, 0.6) is 0 Å². The van der Waals surface area contributed by atoms with Crippen LogP contribution in [0.15, 0.2) is 42.5 Å². The summed E-state index contributed by atoms with van der Waals surface area (Å²) in [5.74, 6) is -0.341. The number of fused-ring (bicyclic) bond motifs is 3. The molecule has 0 N–H and O–H groups in total. The molecule has 4 nitrogen and oxygen atoms in total. The van der Waals surface area contributed by atoms with Crippen LogP contribution in [0.3, 0.4) is 0 Å². The van der Waals surface area contributed by atoms with Crippen molar-refractivity contribution in [1.29, 1.82) is 0 Å². The lowest BCUT2D eigenvalue weighted by Gasteiger charge is -2.39. The second-order valence-electron chi connectivity index (χ2n) is 8.22. The average Bonchev–Trinajstić information content (AvgIpc) is 2.93. The Balaban J connectivity index is 1.83. The summed E-state index contributed by atoms with van der Waals surface area (Å²) in [5, 5.41) is 2.12. The van der Waals surface area contributed by atoms with Crippen LogP contribution < -0.4 is 4.90 Å². The predicted octanol–water partition coefficient (Wildman–Crippen LogP) is 4.31. The monoisotopic (exact) mass is 351 g/mol. The molecular formula is C22H25NO3. The van der Waals surface area contributed by atoms with Gasteiger partial charge in [0.2, 0.25) is 0 Å². The van der Waals surface area contributed by atoms with Gasteiger partial charge in [-0.05, 0) is 38.1 Å². The maximum absolute atomic E-state index is 13.8. The van der Waals surface area contributed by atoms with Crippen molar-refractivity contribution in [3.8, 4) is 0 Å². The average molecular weight is 351 g/mol. The van der Waals surface area contributed by atoms with Gasteiger partial charge in [-0.3, -0.25) is 9.59 Å². The predicted molar refractivity (Wildman–Crippen MR) is 102 cm³/mol. The number of anilines is 1. The fourth-order valence-electron chi connectivity index (χ4n) is 4.81. The summed E-state index contributed by atoms with van der Waals surface area (Å²) in [7, 11) is 0. The van der Waals surface area contributed by atoms with Gasteiger partial charge in [-0.15, -0.1) is 0 Å². The van der Waals surface area contributed by atoms with Gasteiger partial charge in [0.25, 0.3) is 5.91 Å². The van der Waals surface area contributed by atoms with E-state index in [1.165, 1.54) is 0 Å². The highest BCUT2D eigenvalue weighted by Crippen LogP contribution is 2.66. The summed E-state index contributed by atoms with van der Waals surface area (Å²) in [6.07, 6.45) is 1.28. The molecule has 0 radical (unpaired) electrons. The minimum absolute atomic E-state index is 0.101. The number of likely N-dealkylation sites (N-methyl/N-ethyl adjacent to an activating group) is 1. The fourth-order valence-corrected chi connectivity index (χ4v) is 4.81. The molecule has 2 atom stereocenters. The van der Waals surface area contributed by atoms with Crippen LogP contribution in [0.2, 0.25) is 0 Å². The highest BCUT2D eigenvalue weighted by molar-refractivity contribution is 6.09. The molecule has 26 heavy (non-hydrogen) atoms. The first-order chi connectivity index (χ1) is 12.3. The molecule has 1 amide bonds. The van der Waals surface area contributed by atoms with Gasteiger partial charge in [0.1, 0.15) is 0 Å². The van der Waals surface area contributed by atoms with E-state index in [4.69, 9.17) is 4.74 Å². The number of carbonyl (C=O) groups is 2. The molecule has 136 valence electrons. The van der Waals surface area contributed by atoms with Gasteiger partial charge >= 0.3 is 5.97 Å². The molecule has 4 rings (SSSR count).